The van der Waals surface area contributed by atoms with Gasteiger partial charge in [0.05, 0.1) is 5.69 Å². The van der Waals surface area contributed by atoms with Gasteiger partial charge in [-0.15, -0.1) is 0 Å². The van der Waals surface area contributed by atoms with Gasteiger partial charge >= 0.3 is 0 Å². The van der Waals surface area contributed by atoms with Crippen molar-refractivity contribution in [2.24, 2.45) is 0 Å². The molecular formula is C14H18BrFN2O. The summed E-state index contributed by atoms with van der Waals surface area (Å²) in [4.78, 5) is 12.0. The molecule has 1 saturated carbocycles. The van der Waals surface area contributed by atoms with Crippen molar-refractivity contribution in [2.45, 2.75) is 44.7 Å². The summed E-state index contributed by atoms with van der Waals surface area (Å²) in [6.45, 7) is 1.74. The molecule has 1 aliphatic rings. The monoisotopic (exact) mass is 328 g/mol. The Labute approximate surface area is 121 Å². The van der Waals surface area contributed by atoms with Gasteiger partial charge in [0.25, 0.3) is 0 Å². The maximum absolute atomic E-state index is 13.7. The topological polar surface area (TPSA) is 41.1 Å². The first-order chi connectivity index (χ1) is 9.06. The van der Waals surface area contributed by atoms with Crippen molar-refractivity contribution >= 4 is 27.5 Å². The summed E-state index contributed by atoms with van der Waals surface area (Å²) in [6.07, 6.45) is 4.44. The van der Waals surface area contributed by atoms with Gasteiger partial charge in [0.15, 0.2) is 0 Å². The summed E-state index contributed by atoms with van der Waals surface area (Å²) in [6, 6.07) is 4.58. The lowest BCUT2D eigenvalue weighted by molar-refractivity contribution is -0.122. The molecule has 0 aromatic heterocycles. The zero-order chi connectivity index (χ0) is 13.8. The highest BCUT2D eigenvalue weighted by molar-refractivity contribution is 9.10. The molecule has 1 aromatic carbocycles. The lowest BCUT2D eigenvalue weighted by Crippen LogP contribution is -2.42. The highest BCUT2D eigenvalue weighted by Crippen LogP contribution is 2.21. The maximum Gasteiger partial charge on any atom is 0.242 e. The first-order valence-electron chi connectivity index (χ1n) is 6.58. The van der Waals surface area contributed by atoms with Crippen LogP contribution in [-0.4, -0.2) is 18.0 Å². The summed E-state index contributed by atoms with van der Waals surface area (Å²) in [5.41, 5.74) is 0.345. The van der Waals surface area contributed by atoms with Crippen LogP contribution in [0.2, 0.25) is 0 Å². The van der Waals surface area contributed by atoms with Crippen LogP contribution in [0.3, 0.4) is 0 Å². The van der Waals surface area contributed by atoms with Gasteiger partial charge in [-0.05, 0) is 38.0 Å². The molecule has 2 rings (SSSR count). The number of carbonyl (C=O) groups excluding carboxylic acids is 1. The van der Waals surface area contributed by atoms with Crippen LogP contribution < -0.4 is 10.6 Å². The summed E-state index contributed by atoms with van der Waals surface area (Å²) in [7, 11) is 0. The van der Waals surface area contributed by atoms with Gasteiger partial charge in [0.2, 0.25) is 5.91 Å². The van der Waals surface area contributed by atoms with E-state index >= 15 is 0 Å². The second-order valence-electron chi connectivity index (χ2n) is 4.98. The van der Waals surface area contributed by atoms with E-state index in [1.807, 2.05) is 0 Å². The number of rotatable bonds is 4. The first-order valence-corrected chi connectivity index (χ1v) is 7.37. The Morgan fingerprint density at radius 2 is 2.11 bits per heavy atom. The minimum Gasteiger partial charge on any atom is -0.372 e. The zero-order valence-electron chi connectivity index (χ0n) is 10.9. The van der Waals surface area contributed by atoms with Crippen LogP contribution in [0.5, 0.6) is 0 Å². The molecule has 3 nitrogen and oxygen atoms in total. The molecule has 2 N–H and O–H groups in total. The number of hydrogen-bond donors (Lipinski definition) is 2. The minimum absolute atomic E-state index is 0.0748. The molecule has 0 aliphatic heterocycles. The third-order valence-electron chi connectivity index (χ3n) is 3.40. The molecule has 5 heteroatoms. The largest absolute Gasteiger partial charge is 0.372 e. The fourth-order valence-corrected chi connectivity index (χ4v) is 2.63. The highest BCUT2D eigenvalue weighted by Gasteiger charge is 2.21. The normalized spacial score (nSPS) is 17.2. The fourth-order valence-electron chi connectivity index (χ4n) is 2.30. The van der Waals surface area contributed by atoms with Gasteiger partial charge in [-0.2, -0.15) is 0 Å². The van der Waals surface area contributed by atoms with Gasteiger partial charge in [-0.25, -0.2) is 4.39 Å². The van der Waals surface area contributed by atoms with Gasteiger partial charge in [-0.1, -0.05) is 28.8 Å². The summed E-state index contributed by atoms with van der Waals surface area (Å²) < 4.78 is 14.3. The highest BCUT2D eigenvalue weighted by atomic mass is 79.9. The molecule has 0 heterocycles. The van der Waals surface area contributed by atoms with E-state index in [2.05, 4.69) is 26.6 Å². The van der Waals surface area contributed by atoms with E-state index in [-0.39, 0.29) is 17.8 Å². The Hall–Kier alpha value is -1.10. The molecule has 1 amide bonds. The van der Waals surface area contributed by atoms with Crippen molar-refractivity contribution in [3.05, 3.63) is 28.5 Å². The molecule has 1 unspecified atom stereocenters. The van der Waals surface area contributed by atoms with E-state index in [9.17, 15) is 9.18 Å². The van der Waals surface area contributed by atoms with Crippen LogP contribution in [0.1, 0.15) is 32.6 Å². The molecule has 19 heavy (non-hydrogen) atoms. The minimum atomic E-state index is -0.448. The predicted octanol–water partition coefficient (Wildman–Crippen LogP) is 3.45. The number of nitrogens with one attached hydrogen (secondary N) is 2. The Bertz CT molecular complexity index is 461. The molecular weight excluding hydrogens is 311 g/mol. The van der Waals surface area contributed by atoms with Crippen LogP contribution >= 0.6 is 15.9 Å². The van der Waals surface area contributed by atoms with Crippen LogP contribution in [0.4, 0.5) is 10.1 Å². The van der Waals surface area contributed by atoms with Crippen molar-refractivity contribution in [3.8, 4) is 0 Å². The van der Waals surface area contributed by atoms with E-state index in [1.165, 1.54) is 18.9 Å². The standard InChI is InChI=1S/C14H18BrFN2O/c1-9(14(19)18-11-4-2-3-5-11)17-13-7-6-10(15)8-12(13)16/h6-9,11,17H,2-5H2,1H3,(H,18,19). The lowest BCUT2D eigenvalue weighted by atomic mass is 10.2. The van der Waals surface area contributed by atoms with Gasteiger partial charge in [0.1, 0.15) is 11.9 Å². The van der Waals surface area contributed by atoms with Crippen molar-refractivity contribution < 1.29 is 9.18 Å². The fraction of sp³-hybridized carbons (Fsp3) is 0.500. The Morgan fingerprint density at radius 3 is 2.74 bits per heavy atom. The molecule has 0 spiro atoms. The van der Waals surface area contributed by atoms with E-state index in [0.29, 0.717) is 10.2 Å². The molecule has 0 bridgehead atoms. The predicted molar refractivity (Wildman–Crippen MR) is 77.6 cm³/mol. The lowest BCUT2D eigenvalue weighted by Gasteiger charge is -2.19. The zero-order valence-corrected chi connectivity index (χ0v) is 12.5. The molecule has 1 fully saturated rings. The number of anilines is 1. The van der Waals surface area contributed by atoms with Crippen molar-refractivity contribution in [2.75, 3.05) is 5.32 Å². The summed E-state index contributed by atoms with van der Waals surface area (Å²) in [5, 5.41) is 5.90. The van der Waals surface area contributed by atoms with Crippen LogP contribution in [0.15, 0.2) is 22.7 Å². The first kappa shape index (κ1) is 14.3. The Balaban J connectivity index is 1.92. The number of halogens is 2. The van der Waals surface area contributed by atoms with Crippen LogP contribution in [-0.2, 0) is 4.79 Å². The smallest absolute Gasteiger partial charge is 0.242 e. The molecule has 1 aromatic rings. The van der Waals surface area contributed by atoms with E-state index in [4.69, 9.17) is 0 Å². The Kier molecular flexibility index (Phi) is 4.80. The summed E-state index contributed by atoms with van der Waals surface area (Å²) >= 11 is 3.20. The average Bonchev–Trinajstić information content (AvgIpc) is 2.85. The number of amides is 1. The molecule has 1 atom stereocenters. The van der Waals surface area contributed by atoms with E-state index < -0.39 is 6.04 Å². The van der Waals surface area contributed by atoms with Gasteiger partial charge in [-0.3, -0.25) is 4.79 Å². The molecule has 104 valence electrons. The third-order valence-corrected chi connectivity index (χ3v) is 3.89. The second kappa shape index (κ2) is 6.37. The number of carbonyl (C=O) groups is 1. The van der Waals surface area contributed by atoms with Crippen molar-refractivity contribution in [3.63, 3.8) is 0 Å². The van der Waals surface area contributed by atoms with Crippen LogP contribution in [0.25, 0.3) is 0 Å². The SMILES string of the molecule is CC(Nc1ccc(Br)cc1F)C(=O)NC1CCCC1. The quantitative estimate of drug-likeness (QED) is 0.888. The van der Waals surface area contributed by atoms with Gasteiger partial charge < -0.3 is 10.6 Å². The number of hydrogen-bond acceptors (Lipinski definition) is 2. The van der Waals surface area contributed by atoms with E-state index in [0.717, 1.165) is 12.8 Å². The molecule has 0 saturated heterocycles. The van der Waals surface area contributed by atoms with E-state index in [1.54, 1.807) is 19.1 Å². The second-order valence-corrected chi connectivity index (χ2v) is 5.90. The van der Waals surface area contributed by atoms with Crippen LogP contribution in [0, 0.1) is 5.82 Å². The third kappa shape index (κ3) is 3.93. The molecule has 1 aliphatic carbocycles. The van der Waals surface area contributed by atoms with Crippen molar-refractivity contribution in [1.82, 2.24) is 5.32 Å². The Morgan fingerprint density at radius 1 is 1.42 bits per heavy atom. The average molecular weight is 329 g/mol. The maximum atomic E-state index is 13.7. The summed E-state index contributed by atoms with van der Waals surface area (Å²) in [5.74, 6) is -0.441. The number of benzene rings is 1. The molecule has 0 radical (unpaired) electrons. The van der Waals surface area contributed by atoms with Gasteiger partial charge in [0, 0.05) is 10.5 Å². The van der Waals surface area contributed by atoms with Crippen molar-refractivity contribution in [1.29, 1.82) is 0 Å².